The molecule has 0 unspecified atom stereocenters. The number of urea groups is 1. The molecule has 2 N–H and O–H groups in total. The summed E-state index contributed by atoms with van der Waals surface area (Å²) in [6, 6.07) is 3.88. The normalized spacial score (nSPS) is 10.4. The highest BCUT2D eigenvalue weighted by Crippen LogP contribution is 2.31. The van der Waals surface area contributed by atoms with Crippen LogP contribution < -0.4 is 10.6 Å². The minimum atomic E-state index is -0.534. The van der Waals surface area contributed by atoms with Crippen molar-refractivity contribution in [1.82, 2.24) is 15.6 Å². The highest BCUT2D eigenvalue weighted by Gasteiger charge is 2.12. The van der Waals surface area contributed by atoms with E-state index in [1.54, 1.807) is 13.0 Å². The van der Waals surface area contributed by atoms with E-state index >= 15 is 0 Å². The molecule has 0 radical (unpaired) electrons. The van der Waals surface area contributed by atoms with Crippen LogP contribution in [-0.4, -0.2) is 34.1 Å². The third-order valence-electron chi connectivity index (χ3n) is 2.48. The van der Waals surface area contributed by atoms with Crippen molar-refractivity contribution in [2.75, 3.05) is 12.3 Å². The average Bonchev–Trinajstić information content (AvgIpc) is 2.87. The highest BCUT2D eigenvalue weighted by molar-refractivity contribution is 8.01. The second-order valence-electron chi connectivity index (χ2n) is 4.09. The van der Waals surface area contributed by atoms with Crippen molar-refractivity contribution in [2.45, 2.75) is 11.3 Å². The van der Waals surface area contributed by atoms with Gasteiger partial charge in [-0.15, -0.1) is 11.3 Å². The summed E-state index contributed by atoms with van der Waals surface area (Å²) in [5, 5.41) is 15.4. The Hall–Kier alpha value is -2.20. The number of hydrogen-bond donors (Lipinski definition) is 2. The molecule has 2 aromatic rings. The van der Waals surface area contributed by atoms with Crippen LogP contribution in [0.5, 0.6) is 0 Å². The summed E-state index contributed by atoms with van der Waals surface area (Å²) in [7, 11) is 0. The summed E-state index contributed by atoms with van der Waals surface area (Å²) in [4.78, 5) is 37.3. The van der Waals surface area contributed by atoms with Crippen molar-refractivity contribution in [3.8, 4) is 0 Å². The number of thiazole rings is 1. The molecule has 2 rings (SSSR count). The van der Waals surface area contributed by atoms with Gasteiger partial charge in [-0.2, -0.15) is 0 Å². The Morgan fingerprint density at radius 3 is 2.91 bits per heavy atom. The lowest BCUT2D eigenvalue weighted by atomic mass is 10.3. The first-order valence-corrected chi connectivity index (χ1v) is 8.05. The maximum atomic E-state index is 11.6. The molecule has 0 aliphatic heterocycles. The Bertz CT molecular complexity index is 731. The summed E-state index contributed by atoms with van der Waals surface area (Å²) >= 11 is 2.44. The second-order valence-corrected chi connectivity index (χ2v) is 6.34. The van der Waals surface area contributed by atoms with Crippen LogP contribution in [0.25, 0.3) is 10.2 Å². The molecule has 0 atom stereocenters. The maximum Gasteiger partial charge on any atom is 0.321 e. The van der Waals surface area contributed by atoms with Crippen molar-refractivity contribution in [1.29, 1.82) is 0 Å². The van der Waals surface area contributed by atoms with Gasteiger partial charge in [0.25, 0.3) is 5.69 Å². The first-order chi connectivity index (χ1) is 10.5. The molecular formula is C12H12N4O4S2. The Kier molecular flexibility index (Phi) is 5.28. The summed E-state index contributed by atoms with van der Waals surface area (Å²) in [6.45, 7) is 2.18. The Morgan fingerprint density at radius 1 is 1.45 bits per heavy atom. The molecule has 0 saturated heterocycles. The van der Waals surface area contributed by atoms with Crippen LogP contribution in [0, 0.1) is 10.1 Å². The summed E-state index contributed by atoms with van der Waals surface area (Å²) in [6.07, 6.45) is 0. The van der Waals surface area contributed by atoms with E-state index in [-0.39, 0.29) is 11.4 Å². The van der Waals surface area contributed by atoms with Crippen LogP contribution in [0.1, 0.15) is 6.92 Å². The van der Waals surface area contributed by atoms with Crippen molar-refractivity contribution >= 4 is 50.9 Å². The zero-order valence-corrected chi connectivity index (χ0v) is 13.1. The van der Waals surface area contributed by atoms with Crippen LogP contribution in [0.3, 0.4) is 0 Å². The van der Waals surface area contributed by atoms with E-state index in [0.29, 0.717) is 21.1 Å². The zero-order valence-electron chi connectivity index (χ0n) is 11.5. The molecule has 0 spiro atoms. The van der Waals surface area contributed by atoms with E-state index in [1.165, 1.54) is 35.2 Å². The van der Waals surface area contributed by atoms with Crippen LogP contribution >= 0.6 is 23.1 Å². The number of nitrogens with one attached hydrogen (secondary N) is 2. The van der Waals surface area contributed by atoms with E-state index in [2.05, 4.69) is 15.6 Å². The Labute approximate surface area is 133 Å². The molecule has 22 heavy (non-hydrogen) atoms. The molecule has 0 aliphatic carbocycles. The van der Waals surface area contributed by atoms with E-state index in [0.717, 1.165) is 0 Å². The highest BCUT2D eigenvalue weighted by atomic mass is 32.2. The number of amides is 3. The van der Waals surface area contributed by atoms with Crippen molar-refractivity contribution in [2.24, 2.45) is 0 Å². The first kappa shape index (κ1) is 16.2. The topological polar surface area (TPSA) is 114 Å². The monoisotopic (exact) mass is 340 g/mol. The number of non-ortho nitro benzene ring substituents is 1. The number of nitrogens with zero attached hydrogens (tertiary/aromatic N) is 2. The van der Waals surface area contributed by atoms with E-state index in [1.807, 2.05) is 0 Å². The number of carbonyl (C=O) groups excluding carboxylic acids is 2. The zero-order chi connectivity index (χ0) is 16.1. The lowest BCUT2D eigenvalue weighted by Gasteiger charge is -2.02. The smallest absolute Gasteiger partial charge is 0.321 e. The number of benzene rings is 1. The van der Waals surface area contributed by atoms with Gasteiger partial charge in [0.05, 0.1) is 20.9 Å². The van der Waals surface area contributed by atoms with Gasteiger partial charge in [-0.1, -0.05) is 11.8 Å². The number of thioether (sulfide) groups is 1. The lowest BCUT2D eigenvalue weighted by molar-refractivity contribution is -0.384. The number of aromatic nitrogens is 1. The van der Waals surface area contributed by atoms with Crippen LogP contribution in [0.2, 0.25) is 0 Å². The lowest BCUT2D eigenvalue weighted by Crippen LogP contribution is -2.40. The van der Waals surface area contributed by atoms with Gasteiger partial charge in [-0.25, -0.2) is 9.78 Å². The van der Waals surface area contributed by atoms with E-state index in [4.69, 9.17) is 0 Å². The van der Waals surface area contributed by atoms with Crippen LogP contribution in [0.4, 0.5) is 10.5 Å². The third kappa shape index (κ3) is 4.15. The SMILES string of the molecule is CCNC(=O)NC(=O)CSc1nc2ccc([N+](=O)[O-])cc2s1. The van der Waals surface area contributed by atoms with Crippen molar-refractivity contribution < 1.29 is 14.5 Å². The number of rotatable bonds is 5. The van der Waals surface area contributed by atoms with Crippen molar-refractivity contribution in [3.05, 3.63) is 28.3 Å². The van der Waals surface area contributed by atoms with Gasteiger partial charge in [0.2, 0.25) is 5.91 Å². The van der Waals surface area contributed by atoms with Gasteiger partial charge < -0.3 is 5.32 Å². The molecule has 8 nitrogen and oxygen atoms in total. The van der Waals surface area contributed by atoms with Gasteiger partial charge in [0.1, 0.15) is 0 Å². The van der Waals surface area contributed by atoms with Gasteiger partial charge in [0.15, 0.2) is 4.34 Å². The fourth-order valence-electron chi connectivity index (χ4n) is 1.56. The Morgan fingerprint density at radius 2 is 2.23 bits per heavy atom. The average molecular weight is 340 g/mol. The second kappa shape index (κ2) is 7.18. The molecule has 1 aromatic carbocycles. The third-order valence-corrected chi connectivity index (χ3v) is 4.64. The maximum absolute atomic E-state index is 11.6. The van der Waals surface area contributed by atoms with Gasteiger partial charge >= 0.3 is 6.03 Å². The molecule has 0 fully saturated rings. The molecule has 1 heterocycles. The van der Waals surface area contributed by atoms with E-state index < -0.39 is 16.9 Å². The predicted molar refractivity (Wildman–Crippen MR) is 84.2 cm³/mol. The minimum Gasteiger partial charge on any atom is -0.338 e. The predicted octanol–water partition coefficient (Wildman–Crippen LogP) is 2.14. The largest absolute Gasteiger partial charge is 0.338 e. The fraction of sp³-hybridized carbons (Fsp3) is 0.250. The Balaban J connectivity index is 1.98. The molecule has 3 amide bonds. The summed E-state index contributed by atoms with van der Waals surface area (Å²) in [5.41, 5.74) is 0.643. The molecule has 1 aromatic heterocycles. The fourth-order valence-corrected chi connectivity index (χ4v) is 3.46. The number of nitro groups is 1. The quantitative estimate of drug-likeness (QED) is 0.489. The van der Waals surface area contributed by atoms with Crippen molar-refractivity contribution in [3.63, 3.8) is 0 Å². The van der Waals surface area contributed by atoms with Crippen LogP contribution in [0.15, 0.2) is 22.5 Å². The first-order valence-electron chi connectivity index (χ1n) is 6.25. The number of imide groups is 1. The summed E-state index contributed by atoms with van der Waals surface area (Å²) < 4.78 is 1.29. The van der Waals surface area contributed by atoms with Gasteiger partial charge in [-0.05, 0) is 13.0 Å². The molecule has 0 saturated carbocycles. The summed E-state index contributed by atoms with van der Waals surface area (Å²) in [5.74, 6) is -0.389. The molecule has 0 bridgehead atoms. The standard InChI is InChI=1S/C12H12N4O4S2/c1-2-13-11(18)15-10(17)6-21-12-14-8-4-3-7(16(19)20)5-9(8)22-12/h3-5H,2,6H2,1H3,(H2,13,15,17,18). The number of hydrogen-bond acceptors (Lipinski definition) is 7. The molecule has 116 valence electrons. The molecule has 0 aliphatic rings. The van der Waals surface area contributed by atoms with E-state index in [9.17, 15) is 19.7 Å². The van der Waals surface area contributed by atoms with Gasteiger partial charge in [-0.3, -0.25) is 20.2 Å². The number of fused-ring (bicyclic) bond motifs is 1. The van der Waals surface area contributed by atoms with Crippen LogP contribution in [-0.2, 0) is 4.79 Å². The molecule has 10 heteroatoms. The number of carbonyl (C=O) groups is 2. The molecular weight excluding hydrogens is 328 g/mol. The van der Waals surface area contributed by atoms with Gasteiger partial charge in [0, 0.05) is 18.7 Å². The number of nitro benzene ring substituents is 1. The minimum absolute atomic E-state index is 0.00156.